The Bertz CT molecular complexity index is 731. The molecule has 0 aliphatic carbocycles. The van der Waals surface area contributed by atoms with Crippen LogP contribution in [0.4, 0.5) is 0 Å². The van der Waals surface area contributed by atoms with Crippen molar-refractivity contribution < 1.29 is 4.74 Å². The number of hydrogen-bond acceptors (Lipinski definition) is 6. The summed E-state index contributed by atoms with van der Waals surface area (Å²) in [5.41, 5.74) is 0.773. The molecule has 0 saturated carbocycles. The van der Waals surface area contributed by atoms with Gasteiger partial charge in [-0.15, -0.1) is 0 Å². The molecule has 0 N–H and O–H groups in total. The molecule has 2 aromatic heterocycles. The van der Waals surface area contributed by atoms with Gasteiger partial charge in [-0.2, -0.15) is 24.7 Å². The molecular weight excluding hydrogens is 280 g/mol. The Labute approximate surface area is 119 Å². The molecule has 0 saturated heterocycles. The summed E-state index contributed by atoms with van der Waals surface area (Å²) in [5.74, 6) is 1.45. The summed E-state index contributed by atoms with van der Waals surface area (Å²) >= 11 is 5.94. The van der Waals surface area contributed by atoms with E-state index >= 15 is 0 Å². The average Bonchev–Trinajstić information content (AvgIpc) is 3.01. The zero-order valence-corrected chi connectivity index (χ0v) is 11.2. The summed E-state index contributed by atoms with van der Waals surface area (Å²) in [6.07, 6.45) is 2.88. The lowest BCUT2D eigenvalue weighted by atomic mass is 10.2. The maximum absolute atomic E-state index is 5.94. The van der Waals surface area contributed by atoms with Crippen LogP contribution in [0.15, 0.2) is 36.9 Å². The second-order valence-electron chi connectivity index (χ2n) is 3.80. The molecule has 0 aliphatic heterocycles. The second kappa shape index (κ2) is 5.22. The van der Waals surface area contributed by atoms with E-state index in [4.69, 9.17) is 16.3 Å². The van der Waals surface area contributed by atoms with Crippen LogP contribution in [0.3, 0.4) is 0 Å². The third kappa shape index (κ3) is 2.43. The third-order valence-electron chi connectivity index (χ3n) is 2.55. The number of ether oxygens (including phenoxy) is 1. The van der Waals surface area contributed by atoms with Crippen molar-refractivity contribution in [1.29, 1.82) is 0 Å². The molecule has 0 bridgehead atoms. The van der Waals surface area contributed by atoms with E-state index in [2.05, 4.69) is 25.0 Å². The highest BCUT2D eigenvalue weighted by Crippen LogP contribution is 2.22. The molecule has 7 nitrogen and oxygen atoms in total. The number of rotatable bonds is 3. The molecule has 0 aliphatic rings. The van der Waals surface area contributed by atoms with Crippen LogP contribution in [-0.2, 0) is 0 Å². The Morgan fingerprint density at radius 3 is 2.85 bits per heavy atom. The van der Waals surface area contributed by atoms with Crippen molar-refractivity contribution >= 4 is 11.6 Å². The largest absolute Gasteiger partial charge is 0.497 e. The third-order valence-corrected chi connectivity index (χ3v) is 2.72. The molecule has 0 amide bonds. The fourth-order valence-electron chi connectivity index (χ4n) is 1.64. The summed E-state index contributed by atoms with van der Waals surface area (Å²) < 4.78 is 6.59. The van der Waals surface area contributed by atoms with Crippen LogP contribution < -0.4 is 4.74 Å². The smallest absolute Gasteiger partial charge is 0.256 e. The van der Waals surface area contributed by atoms with Gasteiger partial charge in [-0.05, 0) is 23.7 Å². The number of halogens is 1. The Morgan fingerprint density at radius 2 is 2.10 bits per heavy atom. The monoisotopic (exact) mass is 288 g/mol. The molecule has 0 atom stereocenters. The summed E-state index contributed by atoms with van der Waals surface area (Å²) in [4.78, 5) is 16.3. The van der Waals surface area contributed by atoms with Crippen molar-refractivity contribution in [3.05, 3.63) is 42.2 Å². The minimum atomic E-state index is 0.0864. The van der Waals surface area contributed by atoms with E-state index in [9.17, 15) is 0 Å². The van der Waals surface area contributed by atoms with Gasteiger partial charge in [0.1, 0.15) is 18.4 Å². The zero-order valence-electron chi connectivity index (χ0n) is 10.4. The van der Waals surface area contributed by atoms with Crippen molar-refractivity contribution in [2.24, 2.45) is 0 Å². The second-order valence-corrected chi connectivity index (χ2v) is 4.14. The first-order valence-corrected chi connectivity index (χ1v) is 6.05. The number of hydrogen-bond donors (Lipinski definition) is 0. The van der Waals surface area contributed by atoms with E-state index in [-0.39, 0.29) is 5.28 Å². The molecule has 3 aromatic rings. The van der Waals surface area contributed by atoms with Gasteiger partial charge in [-0.25, -0.2) is 4.98 Å². The number of aromatic nitrogens is 6. The quantitative estimate of drug-likeness (QED) is 0.731. The van der Waals surface area contributed by atoms with Crippen molar-refractivity contribution in [2.75, 3.05) is 7.11 Å². The summed E-state index contributed by atoms with van der Waals surface area (Å²) in [6.45, 7) is 0. The van der Waals surface area contributed by atoms with E-state index in [1.54, 1.807) is 7.11 Å². The molecule has 1 aromatic carbocycles. The van der Waals surface area contributed by atoms with Crippen LogP contribution in [0, 0.1) is 0 Å². The van der Waals surface area contributed by atoms with Crippen LogP contribution in [-0.4, -0.2) is 36.8 Å². The molecule has 0 spiro atoms. The first kappa shape index (κ1) is 12.5. The Hall–Kier alpha value is -2.54. The predicted molar refractivity (Wildman–Crippen MR) is 71.7 cm³/mol. The van der Waals surface area contributed by atoms with Gasteiger partial charge in [-0.1, -0.05) is 12.1 Å². The van der Waals surface area contributed by atoms with Gasteiger partial charge >= 0.3 is 0 Å². The molecule has 3 rings (SSSR count). The minimum absolute atomic E-state index is 0.0864. The van der Waals surface area contributed by atoms with Gasteiger partial charge in [0, 0.05) is 5.56 Å². The molecule has 100 valence electrons. The van der Waals surface area contributed by atoms with Crippen molar-refractivity contribution in [1.82, 2.24) is 29.7 Å². The van der Waals surface area contributed by atoms with Gasteiger partial charge in [0.15, 0.2) is 5.82 Å². The summed E-state index contributed by atoms with van der Waals surface area (Å²) in [5, 5.41) is 4.05. The predicted octanol–water partition coefficient (Wildman–Crippen LogP) is 1.78. The standard InChI is InChI=1S/C12H9ClN6O/c1-20-9-4-2-3-8(5-9)10-16-11(13)18-12(17-10)19-7-14-6-15-19/h2-7H,1H3. The Balaban J connectivity index is 2.09. The van der Waals surface area contributed by atoms with E-state index in [1.165, 1.54) is 17.3 Å². The summed E-state index contributed by atoms with van der Waals surface area (Å²) in [6, 6.07) is 7.36. The fraction of sp³-hybridized carbons (Fsp3) is 0.0833. The van der Waals surface area contributed by atoms with Crippen LogP contribution in [0.1, 0.15) is 0 Å². The highest BCUT2D eigenvalue weighted by Gasteiger charge is 2.10. The molecule has 0 unspecified atom stereocenters. The normalized spacial score (nSPS) is 10.5. The lowest BCUT2D eigenvalue weighted by Crippen LogP contribution is -2.05. The lowest BCUT2D eigenvalue weighted by molar-refractivity contribution is 0.415. The van der Waals surface area contributed by atoms with E-state index in [0.29, 0.717) is 17.5 Å². The minimum Gasteiger partial charge on any atom is -0.497 e. The number of nitrogens with zero attached hydrogens (tertiary/aromatic N) is 6. The summed E-state index contributed by atoms with van der Waals surface area (Å²) in [7, 11) is 1.60. The van der Waals surface area contributed by atoms with Crippen molar-refractivity contribution in [2.45, 2.75) is 0 Å². The van der Waals surface area contributed by atoms with Gasteiger partial charge in [0.05, 0.1) is 7.11 Å². The van der Waals surface area contributed by atoms with Gasteiger partial charge < -0.3 is 4.74 Å². The molecule has 20 heavy (non-hydrogen) atoms. The molecular formula is C12H9ClN6O. The van der Waals surface area contributed by atoms with Crippen LogP contribution in [0.5, 0.6) is 5.75 Å². The first-order valence-electron chi connectivity index (χ1n) is 5.67. The topological polar surface area (TPSA) is 78.6 Å². The van der Waals surface area contributed by atoms with Crippen LogP contribution in [0.2, 0.25) is 5.28 Å². The highest BCUT2D eigenvalue weighted by molar-refractivity contribution is 6.28. The fourth-order valence-corrected chi connectivity index (χ4v) is 1.80. The van der Waals surface area contributed by atoms with Crippen LogP contribution >= 0.6 is 11.6 Å². The number of methoxy groups -OCH3 is 1. The number of benzene rings is 1. The SMILES string of the molecule is COc1cccc(-c2nc(Cl)nc(-n3cncn3)n2)c1. The van der Waals surface area contributed by atoms with E-state index in [1.807, 2.05) is 24.3 Å². The maximum Gasteiger partial charge on any atom is 0.256 e. The van der Waals surface area contributed by atoms with E-state index < -0.39 is 0 Å². The average molecular weight is 289 g/mol. The maximum atomic E-state index is 5.94. The molecule has 0 fully saturated rings. The van der Waals surface area contributed by atoms with Gasteiger partial charge in [0.25, 0.3) is 5.95 Å². The van der Waals surface area contributed by atoms with Crippen molar-refractivity contribution in [3.63, 3.8) is 0 Å². The Kier molecular flexibility index (Phi) is 3.26. The van der Waals surface area contributed by atoms with Gasteiger partial charge in [0.2, 0.25) is 5.28 Å². The van der Waals surface area contributed by atoms with Crippen LogP contribution in [0.25, 0.3) is 17.3 Å². The van der Waals surface area contributed by atoms with E-state index in [0.717, 1.165) is 5.56 Å². The Morgan fingerprint density at radius 1 is 1.20 bits per heavy atom. The zero-order chi connectivity index (χ0) is 13.9. The molecule has 8 heteroatoms. The van der Waals surface area contributed by atoms with Crippen molar-refractivity contribution in [3.8, 4) is 23.1 Å². The lowest BCUT2D eigenvalue weighted by Gasteiger charge is -2.05. The molecule has 0 radical (unpaired) electrons. The van der Waals surface area contributed by atoms with Gasteiger partial charge in [-0.3, -0.25) is 0 Å². The highest BCUT2D eigenvalue weighted by atomic mass is 35.5. The first-order chi connectivity index (χ1) is 9.76. The molecule has 2 heterocycles.